The summed E-state index contributed by atoms with van der Waals surface area (Å²) in [6.07, 6.45) is 8.37. The van der Waals surface area contributed by atoms with Gasteiger partial charge in [-0.15, -0.1) is 12.6 Å². The largest absolute Gasteiger partial charge is 0.351 e. The van der Waals surface area contributed by atoms with Crippen molar-refractivity contribution in [3.8, 4) is 0 Å². The van der Waals surface area contributed by atoms with Gasteiger partial charge in [-0.1, -0.05) is 13.8 Å². The van der Waals surface area contributed by atoms with Crippen molar-refractivity contribution in [2.45, 2.75) is 91.5 Å². The van der Waals surface area contributed by atoms with E-state index in [1.54, 1.807) is 0 Å². The minimum Gasteiger partial charge on any atom is -0.351 e. The Kier molecular flexibility index (Phi) is 4.85. The highest BCUT2D eigenvalue weighted by molar-refractivity contribution is 7.85. The van der Waals surface area contributed by atoms with Gasteiger partial charge in [-0.25, -0.2) is 0 Å². The molecule has 3 saturated carbocycles. The zero-order valence-corrected chi connectivity index (χ0v) is 19.1. The lowest BCUT2D eigenvalue weighted by molar-refractivity contribution is -0.134. The third-order valence-corrected chi connectivity index (χ3v) is 9.43. The Balaban J connectivity index is 1.61. The molecule has 0 aromatic carbocycles. The second kappa shape index (κ2) is 6.62. The van der Waals surface area contributed by atoms with Crippen molar-refractivity contribution in [3.63, 3.8) is 0 Å². The lowest BCUT2D eigenvalue weighted by Crippen LogP contribution is -2.53. The molecule has 28 heavy (non-hydrogen) atoms. The number of nitrogens with one attached hydrogen (secondary N) is 1. The highest BCUT2D eigenvalue weighted by Gasteiger charge is 2.60. The smallest absolute Gasteiger partial charge is 0.224 e. The number of thiol groups is 1. The molecule has 4 heteroatoms. The van der Waals surface area contributed by atoms with E-state index in [1.807, 2.05) is 0 Å². The molecule has 0 aromatic rings. The summed E-state index contributed by atoms with van der Waals surface area (Å²) < 4.78 is 0. The maximum atomic E-state index is 13.1. The van der Waals surface area contributed by atoms with E-state index in [0.717, 1.165) is 30.6 Å². The topological polar surface area (TPSA) is 46.2 Å². The molecule has 4 rings (SSSR count). The maximum absolute atomic E-state index is 13.1. The van der Waals surface area contributed by atoms with Crippen molar-refractivity contribution in [3.05, 3.63) is 10.5 Å². The molecule has 0 saturated heterocycles. The van der Waals surface area contributed by atoms with E-state index in [9.17, 15) is 9.59 Å². The van der Waals surface area contributed by atoms with Gasteiger partial charge in [0.25, 0.3) is 0 Å². The molecule has 0 aromatic heterocycles. The molecule has 0 bridgehead atoms. The van der Waals surface area contributed by atoms with E-state index in [4.69, 9.17) is 0 Å². The minimum absolute atomic E-state index is 0.127. The number of hydrogen-bond acceptors (Lipinski definition) is 3. The number of ketones is 1. The van der Waals surface area contributed by atoms with Crippen molar-refractivity contribution in [2.75, 3.05) is 0 Å². The fourth-order valence-electron chi connectivity index (χ4n) is 7.57. The van der Waals surface area contributed by atoms with Gasteiger partial charge in [0.1, 0.15) is 0 Å². The predicted molar refractivity (Wildman–Crippen MR) is 116 cm³/mol. The van der Waals surface area contributed by atoms with Gasteiger partial charge < -0.3 is 5.32 Å². The molecule has 1 amide bonds. The number of carbonyl (C=O) groups excluding carboxylic acids is 2. The van der Waals surface area contributed by atoms with Crippen LogP contribution in [0.3, 0.4) is 0 Å². The molecule has 3 fully saturated rings. The van der Waals surface area contributed by atoms with Gasteiger partial charge in [0, 0.05) is 22.8 Å². The van der Waals surface area contributed by atoms with Gasteiger partial charge >= 0.3 is 0 Å². The van der Waals surface area contributed by atoms with Crippen LogP contribution in [0, 0.1) is 34.5 Å². The Morgan fingerprint density at radius 2 is 1.75 bits per heavy atom. The number of allylic oxidation sites excluding steroid dienone is 1. The van der Waals surface area contributed by atoms with Crippen LogP contribution < -0.4 is 5.32 Å². The first-order chi connectivity index (χ1) is 13.0. The van der Waals surface area contributed by atoms with Gasteiger partial charge in [-0.05, 0) is 99.9 Å². The van der Waals surface area contributed by atoms with Crippen LogP contribution >= 0.6 is 12.6 Å². The summed E-state index contributed by atoms with van der Waals surface area (Å²) >= 11 is 4.64. The lowest BCUT2D eigenvalue weighted by atomic mass is 9.47. The number of fused-ring (bicyclic) bond motifs is 5. The molecule has 3 unspecified atom stereocenters. The van der Waals surface area contributed by atoms with E-state index in [1.165, 1.54) is 24.8 Å². The first kappa shape index (κ1) is 20.5. The van der Waals surface area contributed by atoms with E-state index < -0.39 is 0 Å². The highest BCUT2D eigenvalue weighted by atomic mass is 32.1. The maximum Gasteiger partial charge on any atom is 0.224 e. The van der Waals surface area contributed by atoms with Gasteiger partial charge in [-0.3, -0.25) is 9.59 Å². The summed E-state index contributed by atoms with van der Waals surface area (Å²) in [6.45, 7) is 11.0. The number of Topliss-reactive ketones (excluding diaryl/α,β-unsaturated/α-hetero) is 1. The molecule has 4 aliphatic carbocycles. The molecule has 0 spiro atoms. The van der Waals surface area contributed by atoms with Gasteiger partial charge in [0.05, 0.1) is 0 Å². The number of rotatable bonds is 1. The van der Waals surface area contributed by atoms with Crippen LogP contribution in [0.25, 0.3) is 0 Å². The van der Waals surface area contributed by atoms with Gasteiger partial charge in [0.15, 0.2) is 5.78 Å². The van der Waals surface area contributed by atoms with Crippen LogP contribution in [0.1, 0.15) is 86.0 Å². The minimum atomic E-state index is -0.168. The Morgan fingerprint density at radius 1 is 1.04 bits per heavy atom. The zero-order chi connectivity index (χ0) is 20.5. The first-order valence-corrected chi connectivity index (χ1v) is 11.7. The van der Waals surface area contributed by atoms with Crippen LogP contribution in [-0.2, 0) is 9.59 Å². The van der Waals surface area contributed by atoms with Crippen LogP contribution in [0.5, 0.6) is 0 Å². The van der Waals surface area contributed by atoms with Crippen molar-refractivity contribution in [1.29, 1.82) is 0 Å². The molecule has 1 N–H and O–H groups in total. The Morgan fingerprint density at radius 3 is 2.43 bits per heavy atom. The molecule has 3 nitrogen and oxygen atoms in total. The highest BCUT2D eigenvalue weighted by Crippen LogP contribution is 2.67. The van der Waals surface area contributed by atoms with Crippen LogP contribution in [0.2, 0.25) is 0 Å². The monoisotopic (exact) mass is 403 g/mol. The summed E-state index contributed by atoms with van der Waals surface area (Å²) in [5.74, 6) is 2.63. The fourth-order valence-corrected chi connectivity index (χ4v) is 8.05. The molecule has 4 aliphatic rings. The average molecular weight is 404 g/mol. The Bertz CT molecular complexity index is 735. The molecule has 156 valence electrons. The summed E-state index contributed by atoms with van der Waals surface area (Å²) in [5, 5.41) is 3.26. The van der Waals surface area contributed by atoms with Crippen molar-refractivity contribution >= 4 is 24.3 Å². The fraction of sp³-hybridized carbons (Fsp3) is 0.833. The summed E-state index contributed by atoms with van der Waals surface area (Å²) in [6, 6.07) is 0. The molecule has 0 heterocycles. The number of amides is 1. The number of hydrogen-bond donors (Lipinski definition) is 2. The predicted octanol–water partition coefficient (Wildman–Crippen LogP) is 5.31. The van der Waals surface area contributed by atoms with E-state index in [-0.39, 0.29) is 34.0 Å². The van der Waals surface area contributed by atoms with E-state index >= 15 is 0 Å². The SMILES string of the molecule is CC(C)(C)NC(=O)[C@H]1CCC2C3CCC4=C(S)C(=O)CC[C@]4(C)C3CC[C@@]21C. The average Bonchev–Trinajstić information content (AvgIpc) is 2.94. The third-order valence-electron chi connectivity index (χ3n) is 8.91. The molecule has 0 aliphatic heterocycles. The Labute approximate surface area is 175 Å². The number of carbonyl (C=O) groups is 2. The van der Waals surface area contributed by atoms with E-state index in [2.05, 4.69) is 52.6 Å². The first-order valence-electron chi connectivity index (χ1n) is 11.3. The van der Waals surface area contributed by atoms with E-state index in [0.29, 0.717) is 24.2 Å². The summed E-state index contributed by atoms with van der Waals surface area (Å²) in [5.41, 5.74) is 1.44. The zero-order valence-electron chi connectivity index (χ0n) is 18.2. The molecular weight excluding hydrogens is 366 g/mol. The van der Waals surface area contributed by atoms with Gasteiger partial charge in [-0.2, -0.15) is 0 Å². The van der Waals surface area contributed by atoms with Crippen LogP contribution in [0.4, 0.5) is 0 Å². The molecule has 0 radical (unpaired) electrons. The van der Waals surface area contributed by atoms with Crippen molar-refractivity contribution in [2.24, 2.45) is 34.5 Å². The molecular formula is C24H37NO2S. The second-order valence-electron chi connectivity index (χ2n) is 11.5. The van der Waals surface area contributed by atoms with Crippen LogP contribution in [0.15, 0.2) is 10.5 Å². The quantitative estimate of drug-likeness (QED) is 0.583. The summed E-state index contributed by atoms with van der Waals surface area (Å²) in [4.78, 5) is 26.1. The standard InChI is InChI=1S/C24H37NO2S/c1-22(2,3)25-21(27)18-9-8-15-14-6-7-17-20(28)19(26)11-13-23(17,4)16(14)10-12-24(15,18)5/h14-16,18,28H,6-13H2,1-5H3,(H,25,27)/t14?,15?,16?,18-,23-,24+/m1/s1. The van der Waals surface area contributed by atoms with Gasteiger partial charge in [0.2, 0.25) is 5.91 Å². The lowest BCUT2D eigenvalue weighted by Gasteiger charge is -2.58. The third kappa shape index (κ3) is 3.00. The summed E-state index contributed by atoms with van der Waals surface area (Å²) in [7, 11) is 0. The molecule has 6 atom stereocenters. The second-order valence-corrected chi connectivity index (χ2v) is 11.9. The van der Waals surface area contributed by atoms with Crippen LogP contribution in [-0.4, -0.2) is 17.2 Å². The van der Waals surface area contributed by atoms with Crippen molar-refractivity contribution < 1.29 is 9.59 Å². The Hall–Kier alpha value is -0.770. The van der Waals surface area contributed by atoms with Crippen molar-refractivity contribution in [1.82, 2.24) is 5.32 Å². The normalized spacial score (nSPS) is 43.3.